The van der Waals surface area contributed by atoms with Gasteiger partial charge in [-0.3, -0.25) is 9.59 Å². The molecular weight excluding hydrogens is 688 g/mol. The molecule has 2 saturated heterocycles. The van der Waals surface area contributed by atoms with Gasteiger partial charge in [-0.2, -0.15) is 46.4 Å². The lowest BCUT2D eigenvalue weighted by atomic mass is 10.1. The monoisotopic (exact) mass is 723 g/mol. The van der Waals surface area contributed by atoms with Crippen molar-refractivity contribution in [3.8, 4) is 11.8 Å². The van der Waals surface area contributed by atoms with Crippen LogP contribution in [-0.4, -0.2) is 105 Å². The minimum absolute atomic E-state index is 0.0316. The summed E-state index contributed by atoms with van der Waals surface area (Å²) in [5.41, 5.74) is -3.92. The number of benzene rings is 1. The number of alkyl halides is 6. The highest BCUT2D eigenvalue weighted by Crippen LogP contribution is 2.36. The summed E-state index contributed by atoms with van der Waals surface area (Å²) in [6, 6.07) is 4.18. The average Bonchev–Trinajstić information content (AvgIpc) is 3.00. The summed E-state index contributed by atoms with van der Waals surface area (Å²) in [7, 11) is 0. The van der Waals surface area contributed by atoms with Crippen molar-refractivity contribution in [3.05, 3.63) is 45.9 Å². The van der Waals surface area contributed by atoms with E-state index in [1.54, 1.807) is 25.7 Å². The molecule has 1 atom stereocenters. The van der Waals surface area contributed by atoms with Gasteiger partial charge >= 0.3 is 24.4 Å². The summed E-state index contributed by atoms with van der Waals surface area (Å²) in [6.07, 6.45) is -9.52. The molecule has 1 aromatic carbocycles. The highest BCUT2D eigenvalue weighted by molar-refractivity contribution is 5.90. The first-order valence-corrected chi connectivity index (χ1v) is 16.0. The van der Waals surface area contributed by atoms with Crippen molar-refractivity contribution in [2.24, 2.45) is 0 Å². The third-order valence-electron chi connectivity index (χ3n) is 8.54. The zero-order valence-electron chi connectivity index (χ0n) is 28.3. The van der Waals surface area contributed by atoms with Gasteiger partial charge in [-0.25, -0.2) is 9.78 Å². The number of rotatable bonds is 6. The number of hydrogen-bond acceptors (Lipinski definition) is 10. The molecule has 0 radical (unpaired) electrons. The van der Waals surface area contributed by atoms with Gasteiger partial charge < -0.3 is 24.3 Å². The summed E-state index contributed by atoms with van der Waals surface area (Å²) in [4.78, 5) is 53.3. The van der Waals surface area contributed by atoms with E-state index in [0.29, 0.717) is 9.58 Å². The molecule has 0 saturated carbocycles. The van der Waals surface area contributed by atoms with Crippen LogP contribution in [0.25, 0.3) is 16.6 Å². The Kier molecular flexibility index (Phi) is 9.84. The van der Waals surface area contributed by atoms with Crippen LogP contribution in [0.5, 0.6) is 0 Å². The number of carbonyl (C=O) groups excluding carboxylic acids is 2. The van der Waals surface area contributed by atoms with Gasteiger partial charge in [0.05, 0.1) is 47.4 Å². The Hall–Kier alpha value is -5.15. The molecule has 5 rings (SSSR count). The predicted molar refractivity (Wildman–Crippen MR) is 171 cm³/mol. The van der Waals surface area contributed by atoms with Crippen molar-refractivity contribution in [1.82, 2.24) is 29.5 Å². The fourth-order valence-corrected chi connectivity index (χ4v) is 6.18. The average molecular weight is 724 g/mol. The Bertz CT molecular complexity index is 1930. The van der Waals surface area contributed by atoms with Crippen molar-refractivity contribution >= 4 is 34.7 Å². The maximum atomic E-state index is 14.2. The molecule has 2 fully saturated rings. The van der Waals surface area contributed by atoms with Crippen LogP contribution in [0.1, 0.15) is 45.2 Å². The van der Waals surface area contributed by atoms with Gasteiger partial charge in [0.15, 0.2) is 0 Å². The number of nitriles is 1. The van der Waals surface area contributed by atoms with E-state index in [1.807, 2.05) is 0 Å². The minimum Gasteiger partial charge on any atom is -0.444 e. The van der Waals surface area contributed by atoms with E-state index in [4.69, 9.17) is 4.74 Å². The predicted octanol–water partition coefficient (Wildman–Crippen LogP) is 4.44. The Morgan fingerprint density at radius 2 is 1.73 bits per heavy atom. The number of likely N-dealkylation sites (N-methyl/N-ethyl adjacent to an activating group) is 1. The fourth-order valence-electron chi connectivity index (χ4n) is 6.18. The van der Waals surface area contributed by atoms with Gasteiger partial charge in [0.2, 0.25) is 5.95 Å². The lowest BCUT2D eigenvalue weighted by Gasteiger charge is -2.45. The summed E-state index contributed by atoms with van der Waals surface area (Å²) in [5.74, 6) is -2.01. The summed E-state index contributed by atoms with van der Waals surface area (Å²) in [6.45, 7) is 7.49. The molecule has 0 aliphatic carbocycles. The number of halogens is 6. The largest absolute Gasteiger partial charge is 0.471 e. The van der Waals surface area contributed by atoms with E-state index in [2.05, 4.69) is 21.1 Å². The van der Waals surface area contributed by atoms with Gasteiger partial charge in [-0.05, 0) is 46.2 Å². The normalized spacial score (nSPS) is 17.3. The van der Waals surface area contributed by atoms with E-state index in [-0.39, 0.29) is 73.9 Å². The van der Waals surface area contributed by atoms with Crippen molar-refractivity contribution in [2.75, 3.05) is 49.1 Å². The highest BCUT2D eigenvalue weighted by Gasteiger charge is 2.47. The lowest BCUT2D eigenvalue weighted by Crippen LogP contribution is -2.63. The molecule has 51 heavy (non-hydrogen) atoms. The molecule has 2 aromatic heterocycles. The number of hydrogen-bond donors (Lipinski definition) is 0. The number of ether oxygens (including phenoxy) is 1. The fraction of sp³-hybridized carbons (Fsp3) is 0.531. The molecule has 2 amide bonds. The van der Waals surface area contributed by atoms with Crippen LogP contribution >= 0.6 is 0 Å². The van der Waals surface area contributed by atoms with Crippen LogP contribution < -0.4 is 15.4 Å². The molecule has 0 bridgehead atoms. The topological polar surface area (TPSA) is 141 Å². The number of aromatic nitrogens is 4. The van der Waals surface area contributed by atoms with Crippen molar-refractivity contribution in [2.45, 2.75) is 71.1 Å². The van der Waals surface area contributed by atoms with E-state index < -0.39 is 58.8 Å². The van der Waals surface area contributed by atoms with Crippen LogP contribution in [0.4, 0.5) is 42.9 Å². The molecule has 0 N–H and O–H groups in total. The first-order valence-electron chi connectivity index (χ1n) is 16.0. The molecule has 274 valence electrons. The van der Waals surface area contributed by atoms with E-state index in [9.17, 15) is 46.0 Å². The quantitative estimate of drug-likeness (QED) is 0.336. The molecule has 1 unspecified atom stereocenters. The second-order valence-corrected chi connectivity index (χ2v) is 13.2. The summed E-state index contributed by atoms with van der Waals surface area (Å²) < 4.78 is 88.4. The highest BCUT2D eigenvalue weighted by atomic mass is 19.4. The number of piperazine rings is 1. The van der Waals surface area contributed by atoms with E-state index in [1.165, 1.54) is 35.8 Å². The van der Waals surface area contributed by atoms with Gasteiger partial charge in [-0.15, -0.1) is 0 Å². The molecule has 0 spiro atoms. The number of carbonyl (C=O) groups is 2. The van der Waals surface area contributed by atoms with Crippen LogP contribution in [0.15, 0.2) is 29.2 Å². The lowest BCUT2D eigenvalue weighted by molar-refractivity contribution is -0.188. The van der Waals surface area contributed by atoms with Gasteiger partial charge in [-0.1, -0.05) is 12.1 Å². The molecule has 2 aliphatic heterocycles. The number of fused-ring (bicyclic) bond motifs is 1. The third kappa shape index (κ3) is 7.49. The number of anilines is 2. The molecule has 4 heterocycles. The van der Waals surface area contributed by atoms with Crippen LogP contribution in [0.3, 0.4) is 0 Å². The zero-order valence-corrected chi connectivity index (χ0v) is 28.3. The van der Waals surface area contributed by atoms with Gasteiger partial charge in [0.25, 0.3) is 5.56 Å². The molecule has 3 aromatic rings. The second kappa shape index (κ2) is 13.5. The van der Waals surface area contributed by atoms with Gasteiger partial charge in [0.1, 0.15) is 16.9 Å². The molecular formula is C32H35F6N9O4. The van der Waals surface area contributed by atoms with Crippen molar-refractivity contribution in [1.29, 1.82) is 5.26 Å². The summed E-state index contributed by atoms with van der Waals surface area (Å²) in [5, 5.41) is 13.7. The maximum absolute atomic E-state index is 14.2. The standard InChI is InChI=1S/C32H35F6N9O4/c1-6-45(27(49)32(36,37)38)20-16-44(17-20)28-41-24-21(14-40-47(26(24)48)22-9-7-8-18(2)23(22)31(33,34)35)25(42-28)43-12-13-46(19(15-43)10-11-39)29(50)51-30(3,4)5/h7-9,14,19-20H,6,10,12-13,15-17H2,1-5H3. The van der Waals surface area contributed by atoms with Crippen LogP contribution in [-0.2, 0) is 15.7 Å². The minimum atomic E-state index is -5.09. The van der Waals surface area contributed by atoms with Crippen molar-refractivity contribution in [3.63, 3.8) is 0 Å². The Morgan fingerprint density at radius 3 is 2.31 bits per heavy atom. The smallest absolute Gasteiger partial charge is 0.444 e. The van der Waals surface area contributed by atoms with Gasteiger partial charge in [0, 0.05) is 39.3 Å². The van der Waals surface area contributed by atoms with Crippen molar-refractivity contribution < 1.29 is 40.7 Å². The zero-order chi connectivity index (χ0) is 37.6. The first-order chi connectivity index (χ1) is 23.7. The van der Waals surface area contributed by atoms with E-state index in [0.717, 1.165) is 12.3 Å². The summed E-state index contributed by atoms with van der Waals surface area (Å²) >= 11 is 0. The second-order valence-electron chi connectivity index (χ2n) is 13.2. The Balaban J connectivity index is 1.60. The molecule has 19 heteroatoms. The Labute approximate surface area is 288 Å². The van der Waals surface area contributed by atoms with Crippen LogP contribution in [0.2, 0.25) is 0 Å². The Morgan fingerprint density at radius 1 is 1.04 bits per heavy atom. The number of aryl methyl sites for hydroxylation is 1. The number of nitrogens with zero attached hydrogens (tertiary/aromatic N) is 9. The SMILES string of the molecule is CCN(C(=O)C(F)(F)F)C1CN(c2nc(N3CCN(C(=O)OC(C)(C)C)C(CC#N)C3)c3cnn(-c4cccc(C)c4C(F)(F)F)c(=O)c3n2)C1. The first kappa shape index (κ1) is 37.1. The third-order valence-corrected chi connectivity index (χ3v) is 8.54. The molecule has 2 aliphatic rings. The van der Waals surface area contributed by atoms with Crippen LogP contribution in [0, 0.1) is 18.3 Å². The van der Waals surface area contributed by atoms with E-state index >= 15 is 0 Å². The maximum Gasteiger partial charge on any atom is 0.471 e. The molecule has 13 nitrogen and oxygen atoms in total. The number of amides is 2.